The number of hydrogen-bond donors (Lipinski definition) is 2. The van der Waals surface area contributed by atoms with Gasteiger partial charge in [-0.25, -0.2) is 4.98 Å². The van der Waals surface area contributed by atoms with E-state index in [1.807, 2.05) is 11.8 Å². The number of carbonyl (C=O) groups excluding carboxylic acids is 2. The number of fused-ring (bicyclic) bond motifs is 1. The molecule has 1 unspecified atom stereocenters. The first-order valence-electron chi connectivity index (χ1n) is 11.9. The molecule has 3 fully saturated rings. The molecule has 170 valence electrons. The molecule has 2 saturated carbocycles. The Kier molecular flexibility index (Phi) is 6.33. The van der Waals surface area contributed by atoms with Crippen LogP contribution in [0.15, 0.2) is 18.6 Å². The Morgan fingerprint density at radius 1 is 1.23 bits per heavy atom. The highest BCUT2D eigenvalue weighted by molar-refractivity contribution is 5.92. The molecule has 7 atom stereocenters. The number of aromatic nitrogens is 2. The first-order chi connectivity index (χ1) is 14.8. The largest absolute Gasteiger partial charge is 0.392 e. The molecule has 0 spiro atoms. The minimum atomic E-state index is -0.536. The maximum atomic E-state index is 13.0. The predicted octanol–water partition coefficient (Wildman–Crippen LogP) is 2.66. The summed E-state index contributed by atoms with van der Waals surface area (Å²) >= 11 is 0. The molecule has 2 heterocycles. The van der Waals surface area contributed by atoms with Gasteiger partial charge in [-0.15, -0.1) is 0 Å². The maximum Gasteiger partial charge on any atom is 0.271 e. The third-order valence-electron chi connectivity index (χ3n) is 8.45. The number of amides is 2. The summed E-state index contributed by atoms with van der Waals surface area (Å²) in [6.07, 6.45) is 9.93. The Morgan fingerprint density at radius 3 is 2.61 bits per heavy atom. The van der Waals surface area contributed by atoms with Crippen molar-refractivity contribution < 1.29 is 14.7 Å². The minimum absolute atomic E-state index is 0.0226. The van der Waals surface area contributed by atoms with Crippen LogP contribution in [0.4, 0.5) is 0 Å². The quantitative estimate of drug-likeness (QED) is 0.769. The zero-order valence-corrected chi connectivity index (χ0v) is 19.0. The highest BCUT2D eigenvalue weighted by atomic mass is 16.3. The standard InChI is InChI=1S/C24H36N4O3/c1-15(23(31)28-12-4-5-13-28)17-6-8-24(3)9-7-18(16(2)20(24)21(17)29)27-22(30)19-14-25-10-11-26-19/h10-11,14-18,20-21,29H,4-9,12-13H2,1-3H3,(H,27,30)/t15-,16+,17?,18-,20+,21-,24-/m0/s1. The molecule has 3 aliphatic rings. The molecule has 31 heavy (non-hydrogen) atoms. The van der Waals surface area contributed by atoms with E-state index in [-0.39, 0.29) is 46.9 Å². The summed E-state index contributed by atoms with van der Waals surface area (Å²) in [6.45, 7) is 8.11. The van der Waals surface area contributed by atoms with E-state index in [1.54, 1.807) is 6.20 Å². The Hall–Kier alpha value is -2.02. The number of aliphatic hydroxyl groups is 1. The van der Waals surface area contributed by atoms with Crippen LogP contribution in [0.25, 0.3) is 0 Å². The van der Waals surface area contributed by atoms with Crippen LogP contribution >= 0.6 is 0 Å². The topological polar surface area (TPSA) is 95.4 Å². The zero-order chi connectivity index (χ0) is 22.2. The fraction of sp³-hybridized carbons (Fsp3) is 0.750. The number of nitrogens with one attached hydrogen (secondary N) is 1. The van der Waals surface area contributed by atoms with E-state index in [2.05, 4.69) is 29.1 Å². The van der Waals surface area contributed by atoms with E-state index >= 15 is 0 Å². The van der Waals surface area contributed by atoms with Crippen LogP contribution in [0, 0.1) is 29.1 Å². The second-order valence-corrected chi connectivity index (χ2v) is 10.3. The summed E-state index contributed by atoms with van der Waals surface area (Å²) in [6, 6.07) is -0.0226. The van der Waals surface area contributed by atoms with Gasteiger partial charge >= 0.3 is 0 Å². The molecule has 1 aromatic heterocycles. The van der Waals surface area contributed by atoms with Crippen LogP contribution in [0.3, 0.4) is 0 Å². The van der Waals surface area contributed by atoms with Crippen molar-refractivity contribution in [1.82, 2.24) is 20.2 Å². The van der Waals surface area contributed by atoms with Crippen LogP contribution in [0.2, 0.25) is 0 Å². The van der Waals surface area contributed by atoms with Crippen LogP contribution in [0.5, 0.6) is 0 Å². The molecule has 2 amide bonds. The van der Waals surface area contributed by atoms with Crippen molar-refractivity contribution in [2.24, 2.45) is 29.1 Å². The molecule has 1 saturated heterocycles. The number of likely N-dealkylation sites (tertiary alicyclic amines) is 1. The van der Waals surface area contributed by atoms with E-state index in [9.17, 15) is 14.7 Å². The molecular weight excluding hydrogens is 392 g/mol. The lowest BCUT2D eigenvalue weighted by atomic mass is 9.51. The van der Waals surface area contributed by atoms with Crippen LogP contribution in [-0.2, 0) is 4.79 Å². The Balaban J connectivity index is 1.48. The third-order valence-corrected chi connectivity index (χ3v) is 8.45. The van der Waals surface area contributed by atoms with E-state index in [4.69, 9.17) is 0 Å². The third kappa shape index (κ3) is 4.21. The van der Waals surface area contributed by atoms with Gasteiger partial charge in [0.2, 0.25) is 5.91 Å². The maximum absolute atomic E-state index is 13.0. The van der Waals surface area contributed by atoms with Crippen molar-refractivity contribution in [2.45, 2.75) is 71.4 Å². The minimum Gasteiger partial charge on any atom is -0.392 e. The van der Waals surface area contributed by atoms with Crippen LogP contribution in [-0.4, -0.2) is 57.0 Å². The highest BCUT2D eigenvalue weighted by Gasteiger charge is 2.54. The fourth-order valence-corrected chi connectivity index (χ4v) is 6.56. The summed E-state index contributed by atoms with van der Waals surface area (Å²) in [5.41, 5.74) is 0.356. The predicted molar refractivity (Wildman–Crippen MR) is 117 cm³/mol. The molecule has 2 aliphatic carbocycles. The second-order valence-electron chi connectivity index (χ2n) is 10.3. The Bertz CT molecular complexity index is 797. The number of hydrogen-bond acceptors (Lipinski definition) is 5. The molecule has 2 N–H and O–H groups in total. The van der Waals surface area contributed by atoms with E-state index in [1.165, 1.54) is 12.4 Å². The van der Waals surface area contributed by atoms with Gasteiger partial charge in [0.25, 0.3) is 5.91 Å². The normalized spacial score (nSPS) is 36.5. The number of aliphatic hydroxyl groups excluding tert-OH is 1. The van der Waals surface area contributed by atoms with Gasteiger partial charge in [0.05, 0.1) is 12.3 Å². The van der Waals surface area contributed by atoms with E-state index < -0.39 is 6.10 Å². The molecule has 7 nitrogen and oxygen atoms in total. The van der Waals surface area contributed by atoms with Gasteiger partial charge in [0, 0.05) is 37.4 Å². The van der Waals surface area contributed by atoms with Crippen molar-refractivity contribution in [3.63, 3.8) is 0 Å². The molecule has 4 rings (SSSR count). The highest BCUT2D eigenvalue weighted by Crippen LogP contribution is 2.55. The van der Waals surface area contributed by atoms with Crippen molar-refractivity contribution in [3.05, 3.63) is 24.3 Å². The van der Waals surface area contributed by atoms with Gasteiger partial charge in [-0.05, 0) is 61.7 Å². The number of carbonyl (C=O) groups is 2. The van der Waals surface area contributed by atoms with Gasteiger partial charge < -0.3 is 15.3 Å². The van der Waals surface area contributed by atoms with Gasteiger partial charge in [-0.2, -0.15) is 0 Å². The van der Waals surface area contributed by atoms with Crippen LogP contribution in [0.1, 0.15) is 69.8 Å². The van der Waals surface area contributed by atoms with Crippen molar-refractivity contribution in [3.8, 4) is 0 Å². The molecule has 1 aromatic rings. The monoisotopic (exact) mass is 428 g/mol. The summed E-state index contributed by atoms with van der Waals surface area (Å²) in [5.74, 6) is -0.0381. The number of rotatable bonds is 4. The van der Waals surface area contributed by atoms with Crippen molar-refractivity contribution >= 4 is 11.8 Å². The molecule has 7 heteroatoms. The molecule has 0 bridgehead atoms. The average molecular weight is 429 g/mol. The van der Waals surface area contributed by atoms with Gasteiger partial charge in [0.1, 0.15) is 5.69 Å². The lowest BCUT2D eigenvalue weighted by Crippen LogP contribution is -2.58. The first kappa shape index (κ1) is 22.2. The lowest BCUT2D eigenvalue weighted by molar-refractivity contribution is -0.149. The Labute approximate surface area is 185 Å². The average Bonchev–Trinajstić information content (AvgIpc) is 3.30. The summed E-state index contributed by atoms with van der Waals surface area (Å²) < 4.78 is 0. The molecule has 1 aliphatic heterocycles. The van der Waals surface area contributed by atoms with Crippen molar-refractivity contribution in [2.75, 3.05) is 13.1 Å². The fourth-order valence-electron chi connectivity index (χ4n) is 6.56. The molecule has 0 radical (unpaired) electrons. The summed E-state index contributed by atoms with van der Waals surface area (Å²) in [5, 5.41) is 14.7. The van der Waals surface area contributed by atoms with Crippen LogP contribution < -0.4 is 5.32 Å². The molecular formula is C24H36N4O3. The number of nitrogens with zero attached hydrogens (tertiary/aromatic N) is 3. The smallest absolute Gasteiger partial charge is 0.271 e. The molecule has 0 aromatic carbocycles. The van der Waals surface area contributed by atoms with E-state index in [0.717, 1.165) is 51.6 Å². The Morgan fingerprint density at radius 2 is 1.94 bits per heavy atom. The summed E-state index contributed by atoms with van der Waals surface area (Å²) in [4.78, 5) is 35.7. The summed E-state index contributed by atoms with van der Waals surface area (Å²) in [7, 11) is 0. The second kappa shape index (κ2) is 8.85. The van der Waals surface area contributed by atoms with Gasteiger partial charge in [0.15, 0.2) is 0 Å². The van der Waals surface area contributed by atoms with Crippen molar-refractivity contribution in [1.29, 1.82) is 0 Å². The van der Waals surface area contributed by atoms with E-state index in [0.29, 0.717) is 5.69 Å². The first-order valence-corrected chi connectivity index (χ1v) is 11.9. The van der Waals surface area contributed by atoms with Gasteiger partial charge in [-0.3, -0.25) is 14.6 Å². The van der Waals surface area contributed by atoms with Gasteiger partial charge in [-0.1, -0.05) is 20.8 Å². The SMILES string of the molecule is C[C@H]1[C@@H]2[C@@H](O)C([C@H](C)C(=O)N3CCCC3)CC[C@@]2(C)CC[C@@H]1NC(=O)c1cnccn1. The zero-order valence-electron chi connectivity index (χ0n) is 19.0. The lowest BCUT2D eigenvalue weighted by Gasteiger charge is -2.56.